The normalized spacial score (nSPS) is 11.0. The molecule has 0 aliphatic rings. The van der Waals surface area contributed by atoms with Gasteiger partial charge in [0.25, 0.3) is 0 Å². The van der Waals surface area contributed by atoms with E-state index in [-0.39, 0.29) is 0 Å². The minimum atomic E-state index is -0.583. The largest absolute Gasteiger partial charge is 0.457 e. The van der Waals surface area contributed by atoms with Crippen molar-refractivity contribution in [1.82, 2.24) is 0 Å². The van der Waals surface area contributed by atoms with E-state index in [1.165, 1.54) is 4.90 Å². The van der Waals surface area contributed by atoms with Crippen molar-refractivity contribution >= 4 is 23.2 Å². The van der Waals surface area contributed by atoms with Gasteiger partial charge in [0.05, 0.1) is 11.4 Å². The summed E-state index contributed by atoms with van der Waals surface area (Å²) in [5.74, 6) is 1.28. The maximum absolute atomic E-state index is 12.3. The van der Waals surface area contributed by atoms with Crippen molar-refractivity contribution in [2.24, 2.45) is 0 Å². The van der Waals surface area contributed by atoms with Crippen LogP contribution in [0.3, 0.4) is 0 Å². The summed E-state index contributed by atoms with van der Waals surface area (Å²) in [5, 5.41) is 0. The van der Waals surface area contributed by atoms with Gasteiger partial charge in [0, 0.05) is 39.0 Å². The summed E-state index contributed by atoms with van der Waals surface area (Å²) < 4.78 is 11.3. The number of ether oxygens (including phenoxy) is 2. The highest BCUT2D eigenvalue weighted by Gasteiger charge is 2.22. The molecule has 0 saturated carbocycles. The van der Waals surface area contributed by atoms with Gasteiger partial charge >= 0.3 is 6.09 Å². The van der Waals surface area contributed by atoms with Crippen LogP contribution < -0.4 is 20.3 Å². The summed E-state index contributed by atoms with van der Waals surface area (Å²) in [4.78, 5) is 15.7. The molecule has 26 heavy (non-hydrogen) atoms. The number of rotatable bonds is 4. The van der Waals surface area contributed by atoms with Crippen molar-refractivity contribution in [3.8, 4) is 11.5 Å². The fraction of sp³-hybridized carbons (Fsp3) is 0.350. The van der Waals surface area contributed by atoms with Crippen LogP contribution >= 0.6 is 0 Å². The minimum Gasteiger partial charge on any atom is -0.457 e. The molecule has 0 fully saturated rings. The smallest absolute Gasteiger partial charge is 0.414 e. The lowest BCUT2D eigenvalue weighted by Crippen LogP contribution is -2.34. The topological polar surface area (TPSA) is 68.0 Å². The Kier molecular flexibility index (Phi) is 5.65. The molecule has 0 spiro atoms. The van der Waals surface area contributed by atoms with Crippen molar-refractivity contribution in [3.63, 3.8) is 0 Å². The summed E-state index contributed by atoms with van der Waals surface area (Å²) in [6.45, 7) is 5.46. The molecule has 0 heterocycles. The Morgan fingerprint density at radius 2 is 1.65 bits per heavy atom. The van der Waals surface area contributed by atoms with Crippen molar-refractivity contribution in [3.05, 3.63) is 42.5 Å². The van der Waals surface area contributed by atoms with E-state index in [4.69, 9.17) is 15.2 Å². The standard InChI is InChI=1S/C20H27N3O3/c1-20(2,3)26-19(24)23(6)18-13-16(10-11-17(18)21)25-15-9-7-8-14(12-15)22(4)5/h7-13H,21H2,1-6H3. The molecule has 0 aliphatic carbocycles. The van der Waals surface area contributed by atoms with Crippen LogP contribution in [0.5, 0.6) is 11.5 Å². The van der Waals surface area contributed by atoms with Gasteiger partial charge in [-0.25, -0.2) is 4.79 Å². The van der Waals surface area contributed by atoms with E-state index in [0.717, 1.165) is 5.69 Å². The summed E-state index contributed by atoms with van der Waals surface area (Å²) in [5.41, 5.74) is 7.48. The first kappa shape index (κ1) is 19.4. The molecule has 0 aliphatic heterocycles. The van der Waals surface area contributed by atoms with E-state index in [1.54, 1.807) is 25.2 Å². The number of amides is 1. The van der Waals surface area contributed by atoms with Crippen LogP contribution in [0, 0.1) is 0 Å². The quantitative estimate of drug-likeness (QED) is 0.816. The molecule has 2 N–H and O–H groups in total. The van der Waals surface area contributed by atoms with Gasteiger partial charge < -0.3 is 20.1 Å². The predicted molar refractivity (Wildman–Crippen MR) is 106 cm³/mol. The molecular formula is C20H27N3O3. The lowest BCUT2D eigenvalue weighted by atomic mass is 10.2. The molecule has 0 unspecified atom stereocenters. The van der Waals surface area contributed by atoms with E-state index in [1.807, 2.05) is 64.0 Å². The summed E-state index contributed by atoms with van der Waals surface area (Å²) >= 11 is 0. The summed E-state index contributed by atoms with van der Waals surface area (Å²) in [6, 6.07) is 12.9. The lowest BCUT2D eigenvalue weighted by Gasteiger charge is -2.25. The number of carbonyl (C=O) groups is 1. The van der Waals surface area contributed by atoms with E-state index in [0.29, 0.717) is 22.9 Å². The Morgan fingerprint density at radius 3 is 2.27 bits per heavy atom. The van der Waals surface area contributed by atoms with Crippen LogP contribution in [0.2, 0.25) is 0 Å². The Morgan fingerprint density at radius 1 is 1.00 bits per heavy atom. The third-order valence-electron chi connectivity index (χ3n) is 3.60. The zero-order chi connectivity index (χ0) is 19.5. The van der Waals surface area contributed by atoms with Crippen molar-refractivity contribution in [1.29, 1.82) is 0 Å². The molecule has 2 aromatic rings. The first-order valence-electron chi connectivity index (χ1n) is 8.38. The number of anilines is 3. The van der Waals surface area contributed by atoms with Gasteiger partial charge in [0.1, 0.15) is 17.1 Å². The van der Waals surface area contributed by atoms with Crippen LogP contribution in [-0.2, 0) is 4.74 Å². The first-order chi connectivity index (χ1) is 12.1. The number of carbonyl (C=O) groups excluding carboxylic acids is 1. The molecule has 0 aromatic heterocycles. The van der Waals surface area contributed by atoms with Crippen LogP contribution in [0.15, 0.2) is 42.5 Å². The third kappa shape index (κ3) is 5.05. The molecule has 0 radical (unpaired) electrons. The van der Waals surface area contributed by atoms with Gasteiger partial charge in [-0.2, -0.15) is 0 Å². The first-order valence-corrected chi connectivity index (χ1v) is 8.38. The SMILES string of the molecule is CN(C)c1cccc(Oc2ccc(N)c(N(C)C(=O)OC(C)(C)C)c2)c1. The average Bonchev–Trinajstić information content (AvgIpc) is 2.54. The number of benzene rings is 2. The molecule has 6 nitrogen and oxygen atoms in total. The van der Waals surface area contributed by atoms with Crippen LogP contribution in [0.4, 0.5) is 21.9 Å². The Bertz CT molecular complexity index is 782. The molecule has 1 amide bonds. The zero-order valence-electron chi connectivity index (χ0n) is 16.2. The number of nitrogens with zero attached hydrogens (tertiary/aromatic N) is 2. The molecule has 0 bridgehead atoms. The van der Waals surface area contributed by atoms with E-state index < -0.39 is 11.7 Å². The van der Waals surface area contributed by atoms with Crippen LogP contribution in [0.25, 0.3) is 0 Å². The fourth-order valence-electron chi connectivity index (χ4n) is 2.27. The van der Waals surface area contributed by atoms with E-state index >= 15 is 0 Å². The predicted octanol–water partition coefficient (Wildman–Crippen LogP) is 4.50. The molecule has 140 valence electrons. The van der Waals surface area contributed by atoms with Gasteiger partial charge in [-0.1, -0.05) is 6.07 Å². The Hall–Kier alpha value is -2.89. The van der Waals surface area contributed by atoms with Gasteiger partial charge in [0.15, 0.2) is 0 Å². The van der Waals surface area contributed by atoms with Crippen molar-refractivity contribution in [2.75, 3.05) is 36.7 Å². The highest BCUT2D eigenvalue weighted by molar-refractivity contribution is 5.91. The average molecular weight is 357 g/mol. The maximum atomic E-state index is 12.3. The summed E-state index contributed by atoms with van der Waals surface area (Å²) in [7, 11) is 5.56. The number of hydrogen-bond donors (Lipinski definition) is 1. The van der Waals surface area contributed by atoms with Gasteiger partial charge in [-0.05, 0) is 45.0 Å². The minimum absolute atomic E-state index is 0.466. The molecule has 0 atom stereocenters. The van der Waals surface area contributed by atoms with Gasteiger partial charge in [-0.15, -0.1) is 0 Å². The second kappa shape index (κ2) is 7.56. The monoisotopic (exact) mass is 357 g/mol. The second-order valence-electron chi connectivity index (χ2n) is 7.25. The molecule has 2 aromatic carbocycles. The molecule has 2 rings (SSSR count). The lowest BCUT2D eigenvalue weighted by molar-refractivity contribution is 0.0589. The highest BCUT2D eigenvalue weighted by atomic mass is 16.6. The third-order valence-corrected chi connectivity index (χ3v) is 3.60. The number of nitrogen functional groups attached to an aromatic ring is 1. The maximum Gasteiger partial charge on any atom is 0.414 e. The number of hydrogen-bond acceptors (Lipinski definition) is 5. The highest BCUT2D eigenvalue weighted by Crippen LogP contribution is 2.32. The fourth-order valence-corrected chi connectivity index (χ4v) is 2.27. The summed E-state index contributed by atoms with van der Waals surface area (Å²) in [6.07, 6.45) is -0.476. The molecule has 6 heteroatoms. The van der Waals surface area contributed by atoms with Crippen LogP contribution in [0.1, 0.15) is 20.8 Å². The second-order valence-corrected chi connectivity index (χ2v) is 7.25. The van der Waals surface area contributed by atoms with E-state index in [9.17, 15) is 4.79 Å². The zero-order valence-corrected chi connectivity index (χ0v) is 16.2. The van der Waals surface area contributed by atoms with Crippen LogP contribution in [-0.4, -0.2) is 32.8 Å². The van der Waals surface area contributed by atoms with Crippen molar-refractivity contribution < 1.29 is 14.3 Å². The number of nitrogens with two attached hydrogens (primary N) is 1. The van der Waals surface area contributed by atoms with Gasteiger partial charge in [0.2, 0.25) is 0 Å². The Balaban J connectivity index is 2.24. The van der Waals surface area contributed by atoms with E-state index in [2.05, 4.69) is 0 Å². The molecule has 0 saturated heterocycles. The van der Waals surface area contributed by atoms with Crippen molar-refractivity contribution in [2.45, 2.75) is 26.4 Å². The Labute approximate surface area is 155 Å². The van der Waals surface area contributed by atoms with Gasteiger partial charge in [-0.3, -0.25) is 4.90 Å². The molecular weight excluding hydrogens is 330 g/mol.